The number of nitrogens with one attached hydrogen (secondary N) is 2. The second-order valence-electron chi connectivity index (χ2n) is 5.79. The summed E-state index contributed by atoms with van der Waals surface area (Å²) in [5.41, 5.74) is 2.29. The first-order chi connectivity index (χ1) is 11.6. The van der Waals surface area contributed by atoms with Crippen molar-refractivity contribution in [2.24, 2.45) is 4.99 Å². The number of rotatable bonds is 7. The molecule has 0 amide bonds. The fourth-order valence-corrected chi connectivity index (χ4v) is 3.07. The molecule has 1 heterocycles. The summed E-state index contributed by atoms with van der Waals surface area (Å²) in [4.78, 5) is 8.91. The molecular formula is C18H27IN4OS. The predicted octanol–water partition coefficient (Wildman–Crippen LogP) is 3.80. The third-order valence-electron chi connectivity index (χ3n) is 3.55. The van der Waals surface area contributed by atoms with Crippen molar-refractivity contribution in [1.82, 2.24) is 15.6 Å². The van der Waals surface area contributed by atoms with Crippen LogP contribution in [0.4, 0.5) is 0 Å². The summed E-state index contributed by atoms with van der Waals surface area (Å²) < 4.78 is 5.24. The van der Waals surface area contributed by atoms with Crippen LogP contribution in [0.25, 0.3) is 0 Å². The number of benzene rings is 1. The fourth-order valence-electron chi connectivity index (χ4n) is 2.20. The van der Waals surface area contributed by atoms with Gasteiger partial charge in [0.1, 0.15) is 5.75 Å². The molecular weight excluding hydrogens is 447 g/mol. The van der Waals surface area contributed by atoms with Gasteiger partial charge in [0, 0.05) is 37.9 Å². The Morgan fingerprint density at radius 2 is 2.12 bits per heavy atom. The lowest BCUT2D eigenvalue weighted by atomic mass is 10.2. The van der Waals surface area contributed by atoms with Gasteiger partial charge in [-0.2, -0.15) is 0 Å². The highest BCUT2D eigenvalue weighted by molar-refractivity contribution is 14.0. The molecule has 0 atom stereocenters. The molecule has 138 valence electrons. The van der Waals surface area contributed by atoms with Gasteiger partial charge in [0.2, 0.25) is 0 Å². The molecule has 1 aromatic heterocycles. The Kier molecular flexibility index (Phi) is 9.81. The summed E-state index contributed by atoms with van der Waals surface area (Å²) in [5, 5.41) is 9.98. The van der Waals surface area contributed by atoms with Gasteiger partial charge in [0.15, 0.2) is 5.96 Å². The van der Waals surface area contributed by atoms with Crippen LogP contribution in [-0.4, -0.2) is 31.6 Å². The number of hydrogen-bond acceptors (Lipinski definition) is 4. The largest absolute Gasteiger partial charge is 0.497 e. The number of aromatic nitrogens is 1. The number of guanidine groups is 1. The van der Waals surface area contributed by atoms with Crippen LogP contribution in [0.5, 0.6) is 5.75 Å². The molecule has 0 aliphatic carbocycles. The van der Waals surface area contributed by atoms with Crippen molar-refractivity contribution < 1.29 is 4.74 Å². The molecule has 1 aromatic carbocycles. The number of ether oxygens (including phenoxy) is 1. The first-order valence-electron chi connectivity index (χ1n) is 8.14. The van der Waals surface area contributed by atoms with Gasteiger partial charge in [-0.25, -0.2) is 4.98 Å². The van der Waals surface area contributed by atoms with Gasteiger partial charge in [-0.05, 0) is 17.7 Å². The highest BCUT2D eigenvalue weighted by atomic mass is 127. The van der Waals surface area contributed by atoms with E-state index in [1.165, 1.54) is 5.01 Å². The van der Waals surface area contributed by atoms with E-state index in [1.54, 1.807) is 25.5 Å². The third kappa shape index (κ3) is 7.19. The van der Waals surface area contributed by atoms with Crippen LogP contribution in [0.3, 0.4) is 0 Å². The number of aliphatic imine (C=N–C) groups is 1. The normalized spacial score (nSPS) is 11.2. The van der Waals surface area contributed by atoms with E-state index in [2.05, 4.69) is 45.9 Å². The Balaban J connectivity index is 0.00000312. The summed E-state index contributed by atoms with van der Waals surface area (Å²) in [5.74, 6) is 2.15. The summed E-state index contributed by atoms with van der Waals surface area (Å²) in [7, 11) is 3.46. The molecule has 0 radical (unpaired) electrons. The minimum absolute atomic E-state index is 0. The van der Waals surface area contributed by atoms with E-state index in [-0.39, 0.29) is 24.0 Å². The SMILES string of the molecule is CN=C(NCCc1csc(C(C)C)n1)NCc1cccc(OC)c1.I. The topological polar surface area (TPSA) is 58.5 Å². The Hall–Kier alpha value is -1.35. The second-order valence-corrected chi connectivity index (χ2v) is 6.68. The highest BCUT2D eigenvalue weighted by Gasteiger charge is 2.06. The zero-order valence-electron chi connectivity index (χ0n) is 15.2. The Bertz CT molecular complexity index is 673. The Labute approximate surface area is 171 Å². The van der Waals surface area contributed by atoms with Crippen molar-refractivity contribution in [3.05, 3.63) is 45.9 Å². The molecule has 0 bridgehead atoms. The van der Waals surface area contributed by atoms with Gasteiger partial charge in [0.25, 0.3) is 0 Å². The number of thiazole rings is 1. The van der Waals surface area contributed by atoms with Gasteiger partial charge in [-0.3, -0.25) is 4.99 Å². The molecule has 25 heavy (non-hydrogen) atoms. The maximum absolute atomic E-state index is 5.24. The van der Waals surface area contributed by atoms with Crippen LogP contribution in [0.2, 0.25) is 0 Å². The zero-order chi connectivity index (χ0) is 17.4. The monoisotopic (exact) mass is 474 g/mol. The van der Waals surface area contributed by atoms with Crippen molar-refractivity contribution >= 4 is 41.3 Å². The van der Waals surface area contributed by atoms with Crippen LogP contribution in [-0.2, 0) is 13.0 Å². The average Bonchev–Trinajstić information content (AvgIpc) is 3.07. The lowest BCUT2D eigenvalue weighted by Crippen LogP contribution is -2.37. The van der Waals surface area contributed by atoms with E-state index in [4.69, 9.17) is 4.74 Å². The number of nitrogens with zero attached hydrogens (tertiary/aromatic N) is 2. The lowest BCUT2D eigenvalue weighted by Gasteiger charge is -2.12. The van der Waals surface area contributed by atoms with Crippen LogP contribution in [0, 0.1) is 0 Å². The molecule has 0 aliphatic rings. The first kappa shape index (κ1) is 21.7. The predicted molar refractivity (Wildman–Crippen MR) is 117 cm³/mol. The maximum Gasteiger partial charge on any atom is 0.191 e. The second kappa shape index (κ2) is 11.3. The molecule has 2 rings (SSSR count). The van der Waals surface area contributed by atoms with Gasteiger partial charge in [-0.1, -0.05) is 26.0 Å². The van der Waals surface area contributed by atoms with E-state index in [0.717, 1.165) is 35.9 Å². The lowest BCUT2D eigenvalue weighted by molar-refractivity contribution is 0.414. The zero-order valence-corrected chi connectivity index (χ0v) is 18.4. The maximum atomic E-state index is 5.24. The minimum Gasteiger partial charge on any atom is -0.497 e. The summed E-state index contributed by atoms with van der Waals surface area (Å²) in [6.07, 6.45) is 0.892. The van der Waals surface area contributed by atoms with Crippen LogP contribution in [0.1, 0.15) is 36.0 Å². The van der Waals surface area contributed by atoms with Crippen LogP contribution >= 0.6 is 35.3 Å². The van der Waals surface area contributed by atoms with E-state index >= 15 is 0 Å². The van der Waals surface area contributed by atoms with E-state index in [9.17, 15) is 0 Å². The minimum atomic E-state index is 0. The number of methoxy groups -OCH3 is 1. The average molecular weight is 474 g/mol. The summed E-state index contributed by atoms with van der Waals surface area (Å²) in [6.45, 7) is 5.85. The molecule has 0 aliphatic heterocycles. The van der Waals surface area contributed by atoms with Crippen molar-refractivity contribution in [3.8, 4) is 5.75 Å². The van der Waals surface area contributed by atoms with Crippen molar-refractivity contribution in [2.45, 2.75) is 32.7 Å². The van der Waals surface area contributed by atoms with Gasteiger partial charge >= 0.3 is 0 Å². The van der Waals surface area contributed by atoms with Gasteiger partial charge in [0.05, 0.1) is 17.8 Å². The molecule has 0 saturated carbocycles. The molecule has 0 unspecified atom stereocenters. The smallest absolute Gasteiger partial charge is 0.191 e. The van der Waals surface area contributed by atoms with Crippen LogP contribution in [0.15, 0.2) is 34.6 Å². The van der Waals surface area contributed by atoms with Gasteiger partial charge in [-0.15, -0.1) is 35.3 Å². The molecule has 2 N–H and O–H groups in total. The Morgan fingerprint density at radius 1 is 1.32 bits per heavy atom. The fraction of sp³-hybridized carbons (Fsp3) is 0.444. The molecule has 0 fully saturated rings. The molecule has 0 saturated heterocycles. The van der Waals surface area contributed by atoms with E-state index in [1.807, 2.05) is 18.2 Å². The summed E-state index contributed by atoms with van der Waals surface area (Å²) >= 11 is 1.74. The van der Waals surface area contributed by atoms with Crippen molar-refractivity contribution in [1.29, 1.82) is 0 Å². The molecule has 0 spiro atoms. The Morgan fingerprint density at radius 3 is 2.76 bits per heavy atom. The number of halogens is 1. The molecule has 2 aromatic rings. The first-order valence-corrected chi connectivity index (χ1v) is 9.02. The molecule has 7 heteroatoms. The standard InChI is InChI=1S/C18H26N4OS.HI/c1-13(2)17-22-15(12-24-17)8-9-20-18(19-3)21-11-14-6-5-7-16(10-14)23-4;/h5-7,10,12-13H,8-9,11H2,1-4H3,(H2,19,20,21);1H. The quantitative estimate of drug-likeness (QED) is 0.364. The highest BCUT2D eigenvalue weighted by Crippen LogP contribution is 2.19. The van der Waals surface area contributed by atoms with E-state index < -0.39 is 0 Å². The van der Waals surface area contributed by atoms with Gasteiger partial charge < -0.3 is 15.4 Å². The van der Waals surface area contributed by atoms with E-state index in [0.29, 0.717) is 12.5 Å². The van der Waals surface area contributed by atoms with Crippen LogP contribution < -0.4 is 15.4 Å². The number of hydrogen-bond donors (Lipinski definition) is 2. The summed E-state index contributed by atoms with van der Waals surface area (Å²) in [6, 6.07) is 8.00. The third-order valence-corrected chi connectivity index (χ3v) is 4.75. The molecule has 5 nitrogen and oxygen atoms in total. The van der Waals surface area contributed by atoms with Crippen molar-refractivity contribution in [2.75, 3.05) is 20.7 Å². The van der Waals surface area contributed by atoms with Crippen molar-refractivity contribution in [3.63, 3.8) is 0 Å².